The van der Waals surface area contributed by atoms with Gasteiger partial charge < -0.3 is 56.8 Å². The number of fused-ring (bicyclic) bond motifs is 3. The summed E-state index contributed by atoms with van der Waals surface area (Å²) in [6, 6.07) is 101. The summed E-state index contributed by atoms with van der Waals surface area (Å²) < 4.78 is 128. The number of benzene rings is 12. The van der Waals surface area contributed by atoms with Gasteiger partial charge in [-0.15, -0.1) is 0 Å². The first-order chi connectivity index (χ1) is 70.1. The lowest BCUT2D eigenvalue weighted by molar-refractivity contribution is -0.206. The highest BCUT2D eigenvalue weighted by Gasteiger charge is 2.65. The van der Waals surface area contributed by atoms with Crippen LogP contribution in [0.2, 0.25) is 0 Å². The molecule has 5 saturated carbocycles. The lowest BCUT2D eigenvalue weighted by Gasteiger charge is -2.43. The van der Waals surface area contributed by atoms with E-state index in [1.54, 1.807) is 0 Å². The first-order valence-electron chi connectivity index (χ1n) is 48.7. The number of aryl methyl sites for hydroxylation is 8. The minimum atomic E-state index is -3.64. The average Bonchev–Trinajstić information content (AvgIpc) is 1.59. The molecular weight excluding hydrogens is 1960 g/mol. The standard InChI is InChI=1S/C30H31O6S2.C30H29O6S.C29H29O7S2.C26H25O5S/c1-19-15-24(37(22-9-5-3-6-10-22)23-11-7-4-8-12-23)16-20(2)28(19)34-18-27(31)35-29-21-13-14-25-26(17-21)38(32,33)36-30(25)29;1-18-13-22(37(20-9-5-3-6-10-20)21-11-7-4-8-12-21)14-19(2)27(18)34-17-26(31)35-29-25-15-23-24(16-33-25)28(29)36-30(23)32;1-18-13-22(37(20-9-5-3-6-10-20)21-11-7-4-8-12-21)14-19(2)27(18)34-17-26(30)35-29-24-15-25-23(16-33-24)28(29)36-38(25,31)32;1-18-15-22(32(20-9-5-3-6-10-20)21-11-7-4-8-12-21)16-19(2)25(18)30-17-24(27)31-23-13-14-29-26(23)28/h3-12,15-16,21,25-26,29-30H,13-14,17-18H2,1-2H3;3-14,23-25,28-29H,15-17H2,1-2H3;3-14,23-25,28-29H,15-17H2,1-2H3;3-12,15-16,23H,13-14,17H2,1-2H3/q4*+1. The maximum absolute atomic E-state index is 12.8. The van der Waals surface area contributed by atoms with E-state index in [9.17, 15) is 45.6 Å². The molecule has 25 rings (SSSR count). The predicted molar refractivity (Wildman–Crippen MR) is 546 cm³/mol. The van der Waals surface area contributed by atoms with Gasteiger partial charge in [-0.05, 0) is 235 Å². The van der Waals surface area contributed by atoms with E-state index in [4.69, 9.17) is 65.2 Å². The number of hydrogen-bond acceptors (Lipinski definition) is 24. The molecule has 0 amide bonds. The molecule has 5 aliphatic carbocycles. The Balaban J connectivity index is 0.000000122. The van der Waals surface area contributed by atoms with Crippen LogP contribution in [-0.2, 0) is 139 Å². The molecule has 24 nitrogen and oxygen atoms in total. The summed E-state index contributed by atoms with van der Waals surface area (Å²) >= 11 is 0. The molecule has 8 heterocycles. The lowest BCUT2D eigenvalue weighted by atomic mass is 9.67. The minimum Gasteiger partial charge on any atom is -0.481 e. The van der Waals surface area contributed by atoms with Crippen molar-refractivity contribution in [2.45, 2.75) is 218 Å². The van der Waals surface area contributed by atoms with Crippen molar-refractivity contribution in [3.63, 3.8) is 0 Å². The predicted octanol–water partition coefficient (Wildman–Crippen LogP) is 18.7. The van der Waals surface area contributed by atoms with Crippen molar-refractivity contribution in [2.24, 2.45) is 29.6 Å². The SMILES string of the molecule is Cc1cc([S+](c2ccccc2)c2ccccc2)cc(C)c1OCC(=O)OC1C2CC3C(=O)OC1C3CO2.Cc1cc([S+](c2ccccc2)c2ccccc2)cc(C)c1OCC(=O)OC1C2CC3C(CO2)C1OS3(=O)=O.Cc1cc([S+](c2ccccc2)c2ccccc2)cc(C)c1OCC(=O)OC1C2CCC3C1OS(=O)(=O)C3C2.Cc1cc([S+](c2ccccc2)c2ccccc2)cc(C)c1OCC(=O)OC1CCOC1=O. The van der Waals surface area contributed by atoms with Crippen LogP contribution in [0.4, 0.5) is 0 Å². The molecule has 0 aromatic heterocycles. The number of cyclic esters (lactones) is 1. The summed E-state index contributed by atoms with van der Waals surface area (Å²) in [5, 5.41) is -1.02. The molecule has 8 saturated heterocycles. The molecule has 13 aliphatic rings. The Morgan fingerprint density at radius 3 is 0.910 bits per heavy atom. The zero-order valence-electron chi connectivity index (χ0n) is 81.4. The Morgan fingerprint density at radius 2 is 0.593 bits per heavy atom. The van der Waals surface area contributed by atoms with E-state index in [0.717, 1.165) is 62.2 Å². The lowest BCUT2D eigenvalue weighted by Crippen LogP contribution is -2.58. The number of esters is 6. The third kappa shape index (κ3) is 22.4. The molecule has 8 aliphatic heterocycles. The summed E-state index contributed by atoms with van der Waals surface area (Å²) in [7, 11) is -8.31. The van der Waals surface area contributed by atoms with Crippen molar-refractivity contribution in [1.82, 2.24) is 0 Å². The van der Waals surface area contributed by atoms with E-state index in [0.29, 0.717) is 55.5 Å². The second-order valence-electron chi connectivity index (χ2n) is 37.7. The molecule has 30 heteroatoms. The van der Waals surface area contributed by atoms with Crippen LogP contribution in [0, 0.1) is 85.0 Å². The monoisotopic (exact) mass is 2070 g/mol. The Kier molecular flexibility index (Phi) is 31.2. The van der Waals surface area contributed by atoms with Gasteiger partial charge in [-0.1, -0.05) is 146 Å². The highest BCUT2D eigenvalue weighted by Crippen LogP contribution is 2.54. The smallest absolute Gasteiger partial charge is 0.347 e. The molecule has 0 N–H and O–H groups in total. The van der Waals surface area contributed by atoms with Crippen molar-refractivity contribution < 1.29 is 111 Å². The van der Waals surface area contributed by atoms with Crippen molar-refractivity contribution in [1.29, 1.82) is 0 Å². The molecule has 16 atom stereocenters. The second-order valence-corrected chi connectivity index (χ2v) is 49.4. The third-order valence-corrected chi connectivity index (χ3v) is 40.2. The number of carbonyl (C=O) groups is 6. The quantitative estimate of drug-likeness (QED) is 0.0190. The van der Waals surface area contributed by atoms with Crippen LogP contribution >= 0.6 is 0 Å². The Bertz CT molecular complexity index is 6470. The van der Waals surface area contributed by atoms with Crippen molar-refractivity contribution in [2.75, 3.05) is 46.2 Å². The molecule has 750 valence electrons. The van der Waals surface area contributed by atoms with Gasteiger partial charge in [-0.3, -0.25) is 13.2 Å². The number of ether oxygens (including phenoxy) is 12. The van der Waals surface area contributed by atoms with Gasteiger partial charge in [0.1, 0.15) is 47.4 Å². The molecule has 12 bridgehead atoms. The number of carbonyl (C=O) groups excluding carboxylic acids is 6. The summed E-state index contributed by atoms with van der Waals surface area (Å²) in [5.41, 5.74) is 7.54. The van der Waals surface area contributed by atoms with E-state index in [1.165, 1.54) is 53.9 Å². The molecule has 0 radical (unpaired) electrons. The van der Waals surface area contributed by atoms with E-state index in [-0.39, 0.29) is 125 Å². The summed E-state index contributed by atoms with van der Waals surface area (Å²) in [5.74, 6) is -0.720. The Morgan fingerprint density at radius 1 is 0.310 bits per heavy atom. The Hall–Kier alpha value is -12.2. The first kappa shape index (κ1) is 101. The molecular formula is C115H114O24S6+4. The van der Waals surface area contributed by atoms with Gasteiger partial charge >= 0.3 is 35.8 Å². The summed E-state index contributed by atoms with van der Waals surface area (Å²) in [6.45, 7) is 15.9. The van der Waals surface area contributed by atoms with Crippen LogP contribution in [0.1, 0.15) is 83.0 Å². The minimum absolute atomic E-state index is 0.0212. The number of rotatable bonds is 28. The highest BCUT2D eigenvalue weighted by atomic mass is 32.2. The second kappa shape index (κ2) is 44.6. The summed E-state index contributed by atoms with van der Waals surface area (Å²) in [4.78, 5) is 88.6. The van der Waals surface area contributed by atoms with Crippen LogP contribution in [-0.4, -0.2) is 164 Å². The van der Waals surface area contributed by atoms with E-state index >= 15 is 0 Å². The highest BCUT2D eigenvalue weighted by molar-refractivity contribution is 7.98. The van der Waals surface area contributed by atoms with Gasteiger partial charge in [0.05, 0.1) is 92.0 Å². The van der Waals surface area contributed by atoms with E-state index < -0.39 is 109 Å². The van der Waals surface area contributed by atoms with Crippen molar-refractivity contribution in [3.05, 3.63) is 336 Å². The van der Waals surface area contributed by atoms with Crippen LogP contribution in [0.3, 0.4) is 0 Å². The summed E-state index contributed by atoms with van der Waals surface area (Å²) in [6.07, 6.45) is -1.70. The zero-order chi connectivity index (χ0) is 101. The third-order valence-electron chi connectivity index (χ3n) is 27.9. The van der Waals surface area contributed by atoms with Crippen LogP contribution in [0.5, 0.6) is 23.0 Å². The van der Waals surface area contributed by atoms with E-state index in [1.807, 2.05) is 104 Å². The Labute approximate surface area is 856 Å². The fourth-order valence-electron chi connectivity index (χ4n) is 21.5. The van der Waals surface area contributed by atoms with Gasteiger partial charge in [0.15, 0.2) is 97.4 Å². The van der Waals surface area contributed by atoms with Gasteiger partial charge in [-0.2, -0.15) is 16.8 Å². The molecule has 13 fully saturated rings. The molecule has 0 spiro atoms. The van der Waals surface area contributed by atoms with Gasteiger partial charge in [0, 0.05) is 72.7 Å². The molecule has 12 aromatic carbocycles. The average molecular weight is 2070 g/mol. The van der Waals surface area contributed by atoms with Crippen LogP contribution in [0.15, 0.2) is 350 Å². The van der Waals surface area contributed by atoms with Gasteiger partial charge in [0.2, 0.25) is 6.10 Å². The van der Waals surface area contributed by atoms with Crippen molar-refractivity contribution >= 4 is 99.6 Å². The maximum Gasteiger partial charge on any atom is 0.347 e. The normalized spacial score (nSPS) is 24.1. The van der Waals surface area contributed by atoms with Crippen molar-refractivity contribution in [3.8, 4) is 23.0 Å². The largest absolute Gasteiger partial charge is 0.481 e. The molecule has 145 heavy (non-hydrogen) atoms. The van der Waals surface area contributed by atoms with Crippen LogP contribution in [0.25, 0.3) is 0 Å². The van der Waals surface area contributed by atoms with E-state index in [2.05, 4.69) is 243 Å². The fraction of sp³-hybridized carbons (Fsp3) is 0.322. The molecule has 16 unspecified atom stereocenters. The van der Waals surface area contributed by atoms with Crippen LogP contribution < -0.4 is 18.9 Å². The zero-order valence-corrected chi connectivity index (χ0v) is 86.3. The fourth-order valence-corrected chi connectivity index (χ4v) is 34.2. The first-order valence-corrected chi connectivity index (χ1v) is 56.6. The topological polar surface area (TPSA) is 300 Å². The number of hydrogen-bond donors (Lipinski definition) is 0. The van der Waals surface area contributed by atoms with Gasteiger partial charge in [0.25, 0.3) is 20.2 Å². The maximum atomic E-state index is 12.8. The van der Waals surface area contributed by atoms with Gasteiger partial charge in [-0.25, -0.2) is 24.0 Å². The molecule has 12 aromatic rings.